The van der Waals surface area contributed by atoms with E-state index in [9.17, 15) is 10.1 Å². The topological polar surface area (TPSA) is 58.4 Å². The van der Waals surface area contributed by atoms with Gasteiger partial charge in [0.2, 0.25) is 0 Å². The van der Waals surface area contributed by atoms with Crippen LogP contribution in [-0.4, -0.2) is 36.0 Å². The van der Waals surface area contributed by atoms with E-state index in [1.54, 1.807) is 18.2 Å². The molecule has 0 amide bonds. The van der Waals surface area contributed by atoms with Gasteiger partial charge in [0.15, 0.2) is 0 Å². The standard InChI is InChI=1S/C15H23N3O2/c1-2-15(16-8-11-17-9-3-4-10-17)13-6-5-7-14(12-13)18(19)20/h5-7,12,15-16H,2-4,8-11H2,1H3. The van der Waals surface area contributed by atoms with Crippen LogP contribution < -0.4 is 5.32 Å². The molecular weight excluding hydrogens is 254 g/mol. The third-order valence-corrected chi connectivity index (χ3v) is 3.91. The van der Waals surface area contributed by atoms with E-state index in [2.05, 4.69) is 17.1 Å². The fourth-order valence-corrected chi connectivity index (χ4v) is 2.76. The molecular formula is C15H23N3O2. The molecule has 110 valence electrons. The highest BCUT2D eigenvalue weighted by molar-refractivity contribution is 5.35. The Hall–Kier alpha value is -1.46. The maximum absolute atomic E-state index is 10.8. The molecule has 2 rings (SSSR count). The fourth-order valence-electron chi connectivity index (χ4n) is 2.76. The van der Waals surface area contributed by atoms with E-state index in [0.29, 0.717) is 0 Å². The summed E-state index contributed by atoms with van der Waals surface area (Å²) in [5.74, 6) is 0. The number of hydrogen-bond acceptors (Lipinski definition) is 4. The van der Waals surface area contributed by atoms with Crippen LogP contribution in [0, 0.1) is 10.1 Å². The van der Waals surface area contributed by atoms with E-state index < -0.39 is 0 Å². The van der Waals surface area contributed by atoms with Crippen molar-refractivity contribution in [1.29, 1.82) is 0 Å². The molecule has 1 N–H and O–H groups in total. The Morgan fingerprint density at radius 1 is 1.40 bits per heavy atom. The first-order valence-corrected chi connectivity index (χ1v) is 7.41. The summed E-state index contributed by atoms with van der Waals surface area (Å²) in [6.45, 7) is 6.50. The summed E-state index contributed by atoms with van der Waals surface area (Å²) in [5, 5.41) is 14.3. The number of benzene rings is 1. The van der Waals surface area contributed by atoms with E-state index in [4.69, 9.17) is 0 Å². The molecule has 1 aromatic rings. The quantitative estimate of drug-likeness (QED) is 0.615. The second kappa shape index (κ2) is 7.36. The average molecular weight is 277 g/mol. The van der Waals surface area contributed by atoms with Crippen LogP contribution in [0.1, 0.15) is 37.8 Å². The number of likely N-dealkylation sites (tertiary alicyclic amines) is 1. The molecule has 1 aromatic carbocycles. The Morgan fingerprint density at radius 3 is 2.80 bits per heavy atom. The second-order valence-electron chi connectivity index (χ2n) is 5.32. The largest absolute Gasteiger partial charge is 0.309 e. The van der Waals surface area contributed by atoms with Crippen molar-refractivity contribution in [3.05, 3.63) is 39.9 Å². The molecule has 0 aliphatic carbocycles. The molecule has 20 heavy (non-hydrogen) atoms. The summed E-state index contributed by atoms with van der Waals surface area (Å²) in [6.07, 6.45) is 3.55. The van der Waals surface area contributed by atoms with Gasteiger partial charge in [-0.05, 0) is 37.9 Å². The van der Waals surface area contributed by atoms with Gasteiger partial charge in [0.05, 0.1) is 4.92 Å². The van der Waals surface area contributed by atoms with Gasteiger partial charge in [-0.25, -0.2) is 0 Å². The second-order valence-corrected chi connectivity index (χ2v) is 5.32. The smallest absolute Gasteiger partial charge is 0.269 e. The molecule has 1 aliphatic rings. The molecule has 1 heterocycles. The van der Waals surface area contributed by atoms with Crippen molar-refractivity contribution in [1.82, 2.24) is 10.2 Å². The molecule has 0 saturated carbocycles. The average Bonchev–Trinajstić information content (AvgIpc) is 2.97. The summed E-state index contributed by atoms with van der Waals surface area (Å²) >= 11 is 0. The SMILES string of the molecule is CCC(NCCN1CCCC1)c1cccc([N+](=O)[O-])c1. The predicted molar refractivity (Wildman–Crippen MR) is 79.8 cm³/mol. The summed E-state index contributed by atoms with van der Waals surface area (Å²) in [5.41, 5.74) is 1.17. The number of nitrogens with one attached hydrogen (secondary N) is 1. The lowest BCUT2D eigenvalue weighted by molar-refractivity contribution is -0.384. The molecule has 1 saturated heterocycles. The summed E-state index contributed by atoms with van der Waals surface area (Å²) < 4.78 is 0. The van der Waals surface area contributed by atoms with E-state index in [1.165, 1.54) is 25.9 Å². The van der Waals surface area contributed by atoms with Gasteiger partial charge in [-0.3, -0.25) is 10.1 Å². The minimum atomic E-state index is -0.333. The van der Waals surface area contributed by atoms with Crippen LogP contribution in [0.25, 0.3) is 0 Å². The van der Waals surface area contributed by atoms with Gasteiger partial charge in [0.1, 0.15) is 0 Å². The van der Waals surface area contributed by atoms with Crippen LogP contribution in [0.3, 0.4) is 0 Å². The van der Waals surface area contributed by atoms with Crippen LogP contribution >= 0.6 is 0 Å². The van der Waals surface area contributed by atoms with Gasteiger partial charge < -0.3 is 10.2 Å². The minimum Gasteiger partial charge on any atom is -0.309 e. The zero-order chi connectivity index (χ0) is 14.4. The first-order valence-electron chi connectivity index (χ1n) is 7.41. The first kappa shape index (κ1) is 14.9. The van der Waals surface area contributed by atoms with Crippen molar-refractivity contribution >= 4 is 5.69 Å². The van der Waals surface area contributed by atoms with Gasteiger partial charge in [-0.15, -0.1) is 0 Å². The fraction of sp³-hybridized carbons (Fsp3) is 0.600. The number of nitro groups is 1. The molecule has 1 fully saturated rings. The highest BCUT2D eigenvalue weighted by Gasteiger charge is 2.14. The van der Waals surface area contributed by atoms with Gasteiger partial charge in [0, 0.05) is 31.3 Å². The Labute approximate surface area is 120 Å². The van der Waals surface area contributed by atoms with Crippen molar-refractivity contribution in [3.8, 4) is 0 Å². The molecule has 1 atom stereocenters. The number of nitrogens with zero attached hydrogens (tertiary/aromatic N) is 2. The Kier molecular flexibility index (Phi) is 5.49. The highest BCUT2D eigenvalue weighted by Crippen LogP contribution is 2.21. The maximum atomic E-state index is 10.8. The monoisotopic (exact) mass is 277 g/mol. The van der Waals surface area contributed by atoms with Crippen LogP contribution in [0.5, 0.6) is 0 Å². The van der Waals surface area contributed by atoms with Gasteiger partial charge in [-0.2, -0.15) is 0 Å². The Balaban J connectivity index is 1.89. The predicted octanol–water partition coefficient (Wildman–Crippen LogP) is 2.73. The zero-order valence-electron chi connectivity index (χ0n) is 12.0. The number of rotatable bonds is 7. The zero-order valence-corrected chi connectivity index (χ0v) is 12.0. The molecule has 0 spiro atoms. The Morgan fingerprint density at radius 2 is 2.15 bits per heavy atom. The van der Waals surface area contributed by atoms with Crippen LogP contribution in [0.2, 0.25) is 0 Å². The molecule has 1 aliphatic heterocycles. The molecule has 0 bridgehead atoms. The van der Waals surface area contributed by atoms with Crippen molar-refractivity contribution in [3.63, 3.8) is 0 Å². The van der Waals surface area contributed by atoms with Gasteiger partial charge in [-0.1, -0.05) is 19.1 Å². The lowest BCUT2D eigenvalue weighted by atomic mass is 10.0. The van der Waals surface area contributed by atoms with E-state index >= 15 is 0 Å². The molecule has 0 radical (unpaired) electrons. The van der Waals surface area contributed by atoms with Crippen molar-refractivity contribution in [2.45, 2.75) is 32.2 Å². The van der Waals surface area contributed by atoms with Crippen molar-refractivity contribution in [2.75, 3.05) is 26.2 Å². The molecule has 1 unspecified atom stereocenters. The summed E-state index contributed by atoms with van der Waals surface area (Å²) in [6, 6.07) is 7.14. The van der Waals surface area contributed by atoms with E-state index in [-0.39, 0.29) is 16.7 Å². The molecule has 5 heteroatoms. The third-order valence-electron chi connectivity index (χ3n) is 3.91. The third kappa shape index (κ3) is 4.02. The Bertz CT molecular complexity index is 444. The summed E-state index contributed by atoms with van der Waals surface area (Å²) in [4.78, 5) is 13.0. The van der Waals surface area contributed by atoms with Crippen molar-refractivity contribution < 1.29 is 4.92 Å². The number of nitro benzene ring substituents is 1. The van der Waals surface area contributed by atoms with Gasteiger partial charge in [0.25, 0.3) is 5.69 Å². The molecule has 0 aromatic heterocycles. The first-order chi connectivity index (χ1) is 9.70. The van der Waals surface area contributed by atoms with Crippen LogP contribution in [-0.2, 0) is 0 Å². The van der Waals surface area contributed by atoms with Crippen molar-refractivity contribution in [2.24, 2.45) is 0 Å². The van der Waals surface area contributed by atoms with Crippen LogP contribution in [0.15, 0.2) is 24.3 Å². The lowest BCUT2D eigenvalue weighted by Gasteiger charge is -2.20. The van der Waals surface area contributed by atoms with E-state index in [1.807, 2.05) is 6.07 Å². The number of non-ortho nitro benzene ring substituents is 1. The highest BCUT2D eigenvalue weighted by atomic mass is 16.6. The summed E-state index contributed by atoms with van der Waals surface area (Å²) in [7, 11) is 0. The number of hydrogen-bond donors (Lipinski definition) is 1. The lowest BCUT2D eigenvalue weighted by Crippen LogP contribution is -2.32. The van der Waals surface area contributed by atoms with Gasteiger partial charge >= 0.3 is 0 Å². The van der Waals surface area contributed by atoms with Crippen LogP contribution in [0.4, 0.5) is 5.69 Å². The normalized spacial score (nSPS) is 17.2. The van der Waals surface area contributed by atoms with E-state index in [0.717, 1.165) is 25.1 Å². The maximum Gasteiger partial charge on any atom is 0.269 e. The minimum absolute atomic E-state index is 0.169. The molecule has 5 nitrogen and oxygen atoms in total.